The quantitative estimate of drug-likeness (QED) is 0.811. The molecule has 2 aliphatic rings. The highest BCUT2D eigenvalue weighted by Gasteiger charge is 2.46. The summed E-state index contributed by atoms with van der Waals surface area (Å²) in [5.41, 5.74) is -1.05. The molecule has 0 N–H and O–H groups in total. The van der Waals surface area contributed by atoms with Gasteiger partial charge in [0.15, 0.2) is 0 Å². The summed E-state index contributed by atoms with van der Waals surface area (Å²) < 4.78 is 20.7. The number of hydrogen-bond acceptors (Lipinski definition) is 4. The minimum Gasteiger partial charge on any atom is -0.378 e. The molecule has 6 nitrogen and oxygen atoms in total. The molecule has 1 aromatic heterocycles. The summed E-state index contributed by atoms with van der Waals surface area (Å²) in [7, 11) is 0. The molecule has 3 heterocycles. The maximum atomic E-state index is 15.5. The number of para-hydroxylation sites is 1. The topological polar surface area (TPSA) is 62.7 Å². The van der Waals surface area contributed by atoms with Gasteiger partial charge in [0.1, 0.15) is 5.69 Å². The van der Waals surface area contributed by atoms with E-state index in [1.165, 1.54) is 9.80 Å². The van der Waals surface area contributed by atoms with Crippen molar-refractivity contribution in [1.82, 2.24) is 14.8 Å². The van der Waals surface area contributed by atoms with Crippen molar-refractivity contribution in [2.45, 2.75) is 18.5 Å². The molecule has 27 heavy (non-hydrogen) atoms. The normalized spacial score (nSPS) is 23.4. The first kappa shape index (κ1) is 17.9. The standard InChI is InChI=1S/C20H22FN3O3/c21-20(19(26)23-10-12-27-13-11-23)8-3-9-24(14-20)18(25)17-7-6-15-4-1-2-5-16(15)22-17/h1-2,4-7H,3,8-14H2. The first-order valence-electron chi connectivity index (χ1n) is 9.28. The highest BCUT2D eigenvalue weighted by Crippen LogP contribution is 2.29. The van der Waals surface area contributed by atoms with Crippen molar-refractivity contribution < 1.29 is 18.7 Å². The Hall–Kier alpha value is -2.54. The molecule has 0 radical (unpaired) electrons. The van der Waals surface area contributed by atoms with Crippen LogP contribution in [0.25, 0.3) is 10.9 Å². The average molecular weight is 371 g/mol. The van der Waals surface area contributed by atoms with Crippen molar-refractivity contribution in [1.29, 1.82) is 0 Å². The smallest absolute Gasteiger partial charge is 0.272 e. The number of pyridine rings is 1. The van der Waals surface area contributed by atoms with Crippen LogP contribution in [0.2, 0.25) is 0 Å². The number of nitrogens with zero attached hydrogens (tertiary/aromatic N) is 3. The van der Waals surface area contributed by atoms with Crippen LogP contribution in [0, 0.1) is 0 Å². The zero-order chi connectivity index (χ0) is 18.9. The number of piperidine rings is 1. The van der Waals surface area contributed by atoms with Crippen LogP contribution < -0.4 is 0 Å². The molecule has 2 fully saturated rings. The monoisotopic (exact) mass is 371 g/mol. The van der Waals surface area contributed by atoms with Crippen LogP contribution in [0.15, 0.2) is 36.4 Å². The van der Waals surface area contributed by atoms with E-state index in [0.717, 1.165) is 10.9 Å². The van der Waals surface area contributed by atoms with Crippen LogP contribution in [-0.2, 0) is 9.53 Å². The summed E-state index contributed by atoms with van der Waals surface area (Å²) in [6, 6.07) is 11.0. The van der Waals surface area contributed by atoms with Gasteiger partial charge in [-0.1, -0.05) is 24.3 Å². The zero-order valence-electron chi connectivity index (χ0n) is 15.1. The molecule has 0 spiro atoms. The third kappa shape index (κ3) is 3.51. The predicted octanol–water partition coefficient (Wildman–Crippen LogP) is 2.04. The average Bonchev–Trinajstić information content (AvgIpc) is 2.73. The van der Waals surface area contributed by atoms with Gasteiger partial charge in [-0.15, -0.1) is 0 Å². The Morgan fingerprint density at radius 2 is 1.81 bits per heavy atom. The summed E-state index contributed by atoms with van der Waals surface area (Å²) in [4.78, 5) is 32.9. The van der Waals surface area contributed by atoms with Gasteiger partial charge in [0.25, 0.3) is 11.8 Å². The second-order valence-electron chi connectivity index (χ2n) is 7.09. The maximum Gasteiger partial charge on any atom is 0.272 e. The van der Waals surface area contributed by atoms with E-state index in [1.807, 2.05) is 30.3 Å². The van der Waals surface area contributed by atoms with Gasteiger partial charge in [0.05, 0.1) is 25.3 Å². The molecule has 7 heteroatoms. The van der Waals surface area contributed by atoms with Gasteiger partial charge in [-0.25, -0.2) is 9.37 Å². The molecule has 0 bridgehead atoms. The number of aromatic nitrogens is 1. The molecule has 0 saturated carbocycles. The Morgan fingerprint density at radius 1 is 1.04 bits per heavy atom. The van der Waals surface area contributed by atoms with Gasteiger partial charge in [-0.2, -0.15) is 0 Å². The molecule has 4 rings (SSSR count). The van der Waals surface area contributed by atoms with E-state index in [9.17, 15) is 9.59 Å². The third-order valence-corrected chi connectivity index (χ3v) is 5.23. The Morgan fingerprint density at radius 3 is 2.63 bits per heavy atom. The predicted molar refractivity (Wildman–Crippen MR) is 98.1 cm³/mol. The van der Waals surface area contributed by atoms with Crippen molar-refractivity contribution in [3.8, 4) is 0 Å². The summed E-state index contributed by atoms with van der Waals surface area (Å²) >= 11 is 0. The van der Waals surface area contributed by atoms with E-state index in [-0.39, 0.29) is 24.6 Å². The van der Waals surface area contributed by atoms with Crippen LogP contribution in [0.4, 0.5) is 4.39 Å². The number of benzene rings is 1. The van der Waals surface area contributed by atoms with E-state index >= 15 is 4.39 Å². The molecular formula is C20H22FN3O3. The second-order valence-corrected chi connectivity index (χ2v) is 7.09. The number of alkyl halides is 1. The van der Waals surface area contributed by atoms with Gasteiger partial charge in [0.2, 0.25) is 5.67 Å². The lowest BCUT2D eigenvalue weighted by Crippen LogP contribution is -2.58. The number of halogens is 1. The minimum absolute atomic E-state index is 0.137. The molecule has 2 amide bonds. The minimum atomic E-state index is -2.04. The number of amides is 2. The maximum absolute atomic E-state index is 15.5. The Labute approximate surface area is 156 Å². The SMILES string of the molecule is O=C(c1ccc2ccccc2n1)N1CCCC(F)(C(=O)N2CCOCC2)C1. The number of fused-ring (bicyclic) bond motifs is 1. The lowest BCUT2D eigenvalue weighted by Gasteiger charge is -2.39. The van der Waals surface area contributed by atoms with Crippen molar-refractivity contribution >= 4 is 22.7 Å². The van der Waals surface area contributed by atoms with Crippen LogP contribution in [0.3, 0.4) is 0 Å². The first-order chi connectivity index (χ1) is 13.1. The lowest BCUT2D eigenvalue weighted by molar-refractivity contribution is -0.151. The largest absolute Gasteiger partial charge is 0.378 e. The Bertz CT molecular complexity index is 868. The van der Waals surface area contributed by atoms with E-state index in [0.29, 0.717) is 39.3 Å². The summed E-state index contributed by atoms with van der Waals surface area (Å²) in [6.07, 6.45) is 0.587. The molecule has 1 unspecified atom stereocenters. The molecule has 142 valence electrons. The third-order valence-electron chi connectivity index (χ3n) is 5.23. The Kier molecular flexibility index (Phi) is 4.78. The van der Waals surface area contributed by atoms with Crippen molar-refractivity contribution in [2.75, 3.05) is 39.4 Å². The van der Waals surface area contributed by atoms with E-state index in [1.54, 1.807) is 6.07 Å². The molecule has 0 aliphatic carbocycles. The van der Waals surface area contributed by atoms with E-state index < -0.39 is 11.6 Å². The van der Waals surface area contributed by atoms with E-state index in [4.69, 9.17) is 4.74 Å². The molecule has 2 saturated heterocycles. The fraction of sp³-hybridized carbons (Fsp3) is 0.450. The van der Waals surface area contributed by atoms with Crippen LogP contribution >= 0.6 is 0 Å². The van der Waals surface area contributed by atoms with Gasteiger partial charge < -0.3 is 14.5 Å². The summed E-state index contributed by atoms with van der Waals surface area (Å²) in [5.74, 6) is -0.868. The lowest BCUT2D eigenvalue weighted by atomic mass is 9.92. The Balaban J connectivity index is 1.52. The number of likely N-dealkylation sites (tertiary alicyclic amines) is 1. The molecule has 1 aromatic carbocycles. The van der Waals surface area contributed by atoms with Crippen LogP contribution in [-0.4, -0.2) is 71.7 Å². The molecule has 2 aromatic rings. The highest BCUT2D eigenvalue weighted by atomic mass is 19.1. The van der Waals surface area contributed by atoms with Crippen molar-refractivity contribution in [2.24, 2.45) is 0 Å². The summed E-state index contributed by atoms with van der Waals surface area (Å²) in [5, 5.41) is 0.940. The van der Waals surface area contributed by atoms with E-state index in [2.05, 4.69) is 4.98 Å². The van der Waals surface area contributed by atoms with Gasteiger partial charge in [-0.05, 0) is 25.0 Å². The first-order valence-corrected chi connectivity index (χ1v) is 9.28. The molecule has 1 atom stereocenters. The highest BCUT2D eigenvalue weighted by molar-refractivity contribution is 5.96. The van der Waals surface area contributed by atoms with Gasteiger partial charge in [0, 0.05) is 25.0 Å². The number of carbonyl (C=O) groups is 2. The summed E-state index contributed by atoms with van der Waals surface area (Å²) in [6.45, 7) is 1.83. The van der Waals surface area contributed by atoms with Gasteiger partial charge >= 0.3 is 0 Å². The van der Waals surface area contributed by atoms with Crippen LogP contribution in [0.1, 0.15) is 23.3 Å². The van der Waals surface area contributed by atoms with Gasteiger partial charge in [-0.3, -0.25) is 9.59 Å². The number of ether oxygens (including phenoxy) is 1. The van der Waals surface area contributed by atoms with Crippen molar-refractivity contribution in [3.63, 3.8) is 0 Å². The van der Waals surface area contributed by atoms with Crippen LogP contribution in [0.5, 0.6) is 0 Å². The molecular weight excluding hydrogens is 349 g/mol. The number of hydrogen-bond donors (Lipinski definition) is 0. The van der Waals surface area contributed by atoms with Crippen molar-refractivity contribution in [3.05, 3.63) is 42.1 Å². The number of carbonyl (C=O) groups excluding carboxylic acids is 2. The zero-order valence-corrected chi connectivity index (χ0v) is 15.1. The fourth-order valence-corrected chi connectivity index (χ4v) is 3.76. The molecule has 2 aliphatic heterocycles. The second kappa shape index (κ2) is 7.23. The fourth-order valence-electron chi connectivity index (χ4n) is 3.76. The number of morpholine rings is 1. The number of rotatable bonds is 2.